The highest BCUT2D eigenvalue weighted by atomic mass is 35.5. The van der Waals surface area contributed by atoms with E-state index in [1.807, 2.05) is 18.2 Å². The standard InChI is InChI=1S/C27H29N7O5.ClH/c35-21(33-10-8-28-9-11-33)16-39-18-6-4-17(5-7-18)24-23-25(31-30-24)19-2-1-3-20(22(19)26(23)36)29-27(37)32-34-12-14-38-15-13-34;/h1-7,28H,8-16H2,(H,30,31)(H2,29,32,37);1H. The lowest BCUT2D eigenvalue weighted by Gasteiger charge is -2.27. The van der Waals surface area contributed by atoms with Crippen LogP contribution in [0.1, 0.15) is 15.9 Å². The summed E-state index contributed by atoms with van der Waals surface area (Å²) in [7, 11) is 0. The highest BCUT2D eigenvalue weighted by molar-refractivity contribution is 6.26. The van der Waals surface area contributed by atoms with E-state index >= 15 is 0 Å². The van der Waals surface area contributed by atoms with E-state index in [-0.39, 0.29) is 30.7 Å². The summed E-state index contributed by atoms with van der Waals surface area (Å²) in [6.07, 6.45) is 0. The Balaban J connectivity index is 0.00000323. The van der Waals surface area contributed by atoms with Gasteiger partial charge in [-0.25, -0.2) is 9.80 Å². The van der Waals surface area contributed by atoms with Crippen LogP contribution < -0.4 is 20.8 Å². The lowest BCUT2D eigenvalue weighted by molar-refractivity contribution is -0.133. The Kier molecular flexibility index (Phi) is 8.31. The lowest BCUT2D eigenvalue weighted by Crippen LogP contribution is -2.49. The fraction of sp³-hybridized carbons (Fsp3) is 0.333. The fourth-order valence-corrected chi connectivity index (χ4v) is 5.03. The number of halogens is 1. The van der Waals surface area contributed by atoms with Crippen molar-refractivity contribution in [2.75, 3.05) is 64.4 Å². The van der Waals surface area contributed by atoms with Gasteiger partial charge in [-0.05, 0) is 30.3 Å². The number of ketones is 1. The number of hydrogen-bond donors (Lipinski definition) is 4. The predicted octanol–water partition coefficient (Wildman–Crippen LogP) is 1.89. The third-order valence-electron chi connectivity index (χ3n) is 7.03. The molecular formula is C27H30ClN7O5. The Morgan fingerprint density at radius 1 is 1.00 bits per heavy atom. The van der Waals surface area contributed by atoms with Gasteiger partial charge < -0.3 is 25.0 Å². The van der Waals surface area contributed by atoms with E-state index < -0.39 is 6.03 Å². The first-order valence-electron chi connectivity index (χ1n) is 13.0. The average molecular weight is 568 g/mol. The van der Waals surface area contributed by atoms with Crippen LogP contribution in [0.2, 0.25) is 0 Å². The summed E-state index contributed by atoms with van der Waals surface area (Å²) in [5.74, 6) is 0.298. The minimum absolute atomic E-state index is 0. The maximum Gasteiger partial charge on any atom is 0.333 e. The van der Waals surface area contributed by atoms with Crippen LogP contribution in [-0.4, -0.2) is 96.9 Å². The van der Waals surface area contributed by atoms with E-state index in [1.54, 1.807) is 34.2 Å². The van der Waals surface area contributed by atoms with Gasteiger partial charge in [-0.3, -0.25) is 20.1 Å². The molecule has 0 bridgehead atoms. The topological polar surface area (TPSA) is 141 Å². The van der Waals surface area contributed by atoms with E-state index in [0.717, 1.165) is 18.7 Å². The molecule has 12 nitrogen and oxygen atoms in total. The SMILES string of the molecule is Cl.O=C(Nc1cccc2c1C(=O)c1c(-c3ccc(OCC(=O)N4CCNCC4)cc3)n[nH]c1-2)NN1CCOCC1. The van der Waals surface area contributed by atoms with Crippen molar-refractivity contribution in [2.45, 2.75) is 0 Å². The minimum Gasteiger partial charge on any atom is -0.484 e. The molecule has 2 aromatic carbocycles. The number of fused-ring (bicyclic) bond motifs is 3. The number of hydrazine groups is 1. The number of nitrogens with zero attached hydrogens (tertiary/aromatic N) is 3. The van der Waals surface area contributed by atoms with Crippen LogP contribution in [0.25, 0.3) is 22.5 Å². The molecule has 6 rings (SSSR count). The number of urea groups is 1. The number of aromatic amines is 1. The number of ether oxygens (including phenoxy) is 2. The number of aromatic nitrogens is 2. The van der Waals surface area contributed by atoms with Gasteiger partial charge in [0.1, 0.15) is 11.4 Å². The molecule has 210 valence electrons. The third kappa shape index (κ3) is 5.52. The summed E-state index contributed by atoms with van der Waals surface area (Å²) in [5, 5.41) is 15.2. The van der Waals surface area contributed by atoms with Crippen LogP contribution in [0.15, 0.2) is 42.5 Å². The molecule has 2 saturated heterocycles. The molecule has 13 heteroatoms. The number of carbonyl (C=O) groups is 3. The first-order valence-corrected chi connectivity index (χ1v) is 13.0. The summed E-state index contributed by atoms with van der Waals surface area (Å²) >= 11 is 0. The summed E-state index contributed by atoms with van der Waals surface area (Å²) < 4.78 is 11.0. The van der Waals surface area contributed by atoms with Crippen molar-refractivity contribution in [3.63, 3.8) is 0 Å². The Morgan fingerprint density at radius 3 is 2.50 bits per heavy atom. The Bertz CT molecular complexity index is 1400. The normalized spacial score (nSPS) is 16.5. The number of rotatable bonds is 6. The fourth-order valence-electron chi connectivity index (χ4n) is 5.03. The molecule has 2 fully saturated rings. The molecule has 3 aliphatic rings. The second-order valence-corrected chi connectivity index (χ2v) is 9.49. The van der Waals surface area contributed by atoms with Crippen molar-refractivity contribution in [1.82, 2.24) is 30.8 Å². The summed E-state index contributed by atoms with van der Waals surface area (Å²) in [5.41, 5.74) is 6.65. The summed E-state index contributed by atoms with van der Waals surface area (Å²) in [4.78, 5) is 40.4. The van der Waals surface area contributed by atoms with Crippen LogP contribution in [0, 0.1) is 0 Å². The van der Waals surface area contributed by atoms with Crippen LogP contribution in [0.4, 0.5) is 10.5 Å². The van der Waals surface area contributed by atoms with Gasteiger partial charge >= 0.3 is 6.03 Å². The van der Waals surface area contributed by atoms with Crippen LogP contribution in [0.5, 0.6) is 5.75 Å². The number of carbonyl (C=O) groups excluding carboxylic acids is 3. The van der Waals surface area contributed by atoms with Crippen molar-refractivity contribution in [3.8, 4) is 28.3 Å². The molecular weight excluding hydrogens is 538 g/mol. The maximum atomic E-state index is 13.6. The lowest BCUT2D eigenvalue weighted by atomic mass is 10.0. The van der Waals surface area contributed by atoms with Gasteiger partial charge in [-0.2, -0.15) is 5.10 Å². The molecule has 40 heavy (non-hydrogen) atoms. The molecule has 0 radical (unpaired) electrons. The molecule has 0 atom stereocenters. The number of hydrogen-bond acceptors (Lipinski definition) is 8. The van der Waals surface area contributed by atoms with E-state index in [9.17, 15) is 14.4 Å². The zero-order valence-electron chi connectivity index (χ0n) is 21.7. The summed E-state index contributed by atoms with van der Waals surface area (Å²) in [6, 6.07) is 12.1. The van der Waals surface area contributed by atoms with Crippen molar-refractivity contribution >= 4 is 35.8 Å². The molecule has 4 N–H and O–H groups in total. The second-order valence-electron chi connectivity index (χ2n) is 9.49. The largest absolute Gasteiger partial charge is 0.484 e. The van der Waals surface area contributed by atoms with Crippen LogP contribution >= 0.6 is 12.4 Å². The van der Waals surface area contributed by atoms with Crippen LogP contribution in [0.3, 0.4) is 0 Å². The molecule has 1 aliphatic carbocycles. The number of anilines is 1. The third-order valence-corrected chi connectivity index (χ3v) is 7.03. The number of morpholine rings is 1. The Hall–Kier alpha value is -3.97. The van der Waals surface area contributed by atoms with E-state index in [1.165, 1.54) is 0 Å². The molecule has 0 saturated carbocycles. The van der Waals surface area contributed by atoms with Crippen LogP contribution in [-0.2, 0) is 9.53 Å². The minimum atomic E-state index is -0.418. The van der Waals surface area contributed by atoms with Gasteiger partial charge in [0.2, 0.25) is 0 Å². The molecule has 0 spiro atoms. The van der Waals surface area contributed by atoms with Gasteiger partial charge in [0.25, 0.3) is 5.91 Å². The Morgan fingerprint density at radius 2 is 1.75 bits per heavy atom. The quantitative estimate of drug-likeness (QED) is 0.277. The molecule has 3 aromatic rings. The zero-order chi connectivity index (χ0) is 26.8. The molecule has 2 aliphatic heterocycles. The van der Waals surface area contributed by atoms with E-state index in [0.29, 0.717) is 78.9 Å². The van der Waals surface area contributed by atoms with Gasteiger partial charge in [0.15, 0.2) is 12.4 Å². The zero-order valence-corrected chi connectivity index (χ0v) is 22.5. The van der Waals surface area contributed by atoms with Gasteiger partial charge in [-0.1, -0.05) is 12.1 Å². The van der Waals surface area contributed by atoms with E-state index in [4.69, 9.17) is 9.47 Å². The van der Waals surface area contributed by atoms with Crippen molar-refractivity contribution < 1.29 is 23.9 Å². The van der Waals surface area contributed by atoms with Crippen molar-refractivity contribution in [1.29, 1.82) is 0 Å². The number of piperazine rings is 1. The smallest absolute Gasteiger partial charge is 0.333 e. The number of amides is 3. The molecule has 3 amide bonds. The van der Waals surface area contributed by atoms with Gasteiger partial charge in [0, 0.05) is 50.4 Å². The van der Waals surface area contributed by atoms with E-state index in [2.05, 4.69) is 26.3 Å². The monoisotopic (exact) mass is 567 g/mol. The Labute approximate surface area is 236 Å². The number of nitrogens with one attached hydrogen (secondary N) is 4. The molecule has 0 unspecified atom stereocenters. The summed E-state index contributed by atoms with van der Waals surface area (Å²) in [6.45, 7) is 5.18. The predicted molar refractivity (Wildman–Crippen MR) is 150 cm³/mol. The molecule has 1 aromatic heterocycles. The highest BCUT2D eigenvalue weighted by Crippen LogP contribution is 2.43. The average Bonchev–Trinajstić information content (AvgIpc) is 3.53. The van der Waals surface area contributed by atoms with Crippen molar-refractivity contribution in [2.24, 2.45) is 0 Å². The van der Waals surface area contributed by atoms with Gasteiger partial charge in [0.05, 0.1) is 35.7 Å². The van der Waals surface area contributed by atoms with Gasteiger partial charge in [-0.15, -0.1) is 12.4 Å². The highest BCUT2D eigenvalue weighted by Gasteiger charge is 2.35. The first-order chi connectivity index (χ1) is 19.1. The number of H-pyrrole nitrogens is 1. The molecule has 3 heterocycles. The second kappa shape index (κ2) is 12.0. The first kappa shape index (κ1) is 27.6. The maximum absolute atomic E-state index is 13.6. The number of benzene rings is 2. The van der Waals surface area contributed by atoms with Crippen molar-refractivity contribution in [3.05, 3.63) is 53.6 Å².